The van der Waals surface area contributed by atoms with E-state index in [4.69, 9.17) is 9.52 Å². The molecule has 0 atom stereocenters. The van der Waals surface area contributed by atoms with Crippen molar-refractivity contribution in [2.24, 2.45) is 0 Å². The third-order valence-electron chi connectivity index (χ3n) is 1.56. The maximum atomic E-state index is 11.1. The van der Waals surface area contributed by atoms with Gasteiger partial charge < -0.3 is 14.8 Å². The Hall–Kier alpha value is -1.29. The van der Waals surface area contributed by atoms with E-state index in [0.29, 0.717) is 5.76 Å². The van der Waals surface area contributed by atoms with Crippen molar-refractivity contribution < 1.29 is 14.3 Å². The van der Waals surface area contributed by atoms with Crippen LogP contribution < -0.4 is 5.32 Å². The molecule has 66 valence electrons. The molecule has 4 nitrogen and oxygen atoms in total. The van der Waals surface area contributed by atoms with Crippen LogP contribution in [-0.2, 0) is 6.61 Å². The summed E-state index contributed by atoms with van der Waals surface area (Å²) in [5.41, 5.74) is 0.735. The molecule has 1 heterocycles. The Morgan fingerprint density at radius 1 is 1.75 bits per heavy atom. The number of carbonyl (C=O) groups is 1. The van der Waals surface area contributed by atoms with Crippen molar-refractivity contribution in [1.29, 1.82) is 0 Å². The molecule has 0 spiro atoms. The van der Waals surface area contributed by atoms with E-state index in [0.717, 1.165) is 5.56 Å². The summed E-state index contributed by atoms with van der Waals surface area (Å²) in [5.74, 6) is 0.403. The van der Waals surface area contributed by atoms with Crippen LogP contribution in [0.25, 0.3) is 0 Å². The highest BCUT2D eigenvalue weighted by Gasteiger charge is 2.13. The predicted molar refractivity (Wildman–Crippen MR) is 42.8 cm³/mol. The lowest BCUT2D eigenvalue weighted by Gasteiger charge is -1.94. The summed E-state index contributed by atoms with van der Waals surface area (Å²) in [5, 5.41) is 11.1. The third-order valence-corrected chi connectivity index (χ3v) is 1.56. The number of nitrogens with one attached hydrogen (secondary N) is 1. The number of aliphatic hydroxyl groups is 1. The van der Waals surface area contributed by atoms with E-state index >= 15 is 0 Å². The molecule has 12 heavy (non-hydrogen) atoms. The first-order chi connectivity index (χ1) is 5.69. The molecule has 1 amide bonds. The molecule has 0 aromatic carbocycles. The van der Waals surface area contributed by atoms with Gasteiger partial charge in [-0.15, -0.1) is 0 Å². The molecule has 0 unspecified atom stereocenters. The lowest BCUT2D eigenvalue weighted by atomic mass is 10.2. The Morgan fingerprint density at radius 3 is 2.83 bits per heavy atom. The van der Waals surface area contributed by atoms with Crippen LogP contribution in [0.3, 0.4) is 0 Å². The topological polar surface area (TPSA) is 62.5 Å². The maximum Gasteiger partial charge on any atom is 0.287 e. The van der Waals surface area contributed by atoms with Gasteiger partial charge in [0.1, 0.15) is 12.4 Å². The van der Waals surface area contributed by atoms with Crippen molar-refractivity contribution in [3.05, 3.63) is 23.2 Å². The molecule has 0 bridgehead atoms. The van der Waals surface area contributed by atoms with Crippen molar-refractivity contribution >= 4 is 5.91 Å². The summed E-state index contributed by atoms with van der Waals surface area (Å²) in [6.45, 7) is 1.57. The van der Waals surface area contributed by atoms with Crippen LogP contribution in [-0.4, -0.2) is 18.1 Å². The molecule has 4 heteroatoms. The SMILES string of the molecule is CNC(=O)c1oc(CO)cc1C. The zero-order valence-electron chi connectivity index (χ0n) is 7.05. The molecule has 0 aliphatic heterocycles. The minimum absolute atomic E-state index is 0.183. The van der Waals surface area contributed by atoms with E-state index in [9.17, 15) is 4.79 Å². The fourth-order valence-corrected chi connectivity index (χ4v) is 0.965. The smallest absolute Gasteiger partial charge is 0.287 e. The van der Waals surface area contributed by atoms with Crippen molar-refractivity contribution in [3.63, 3.8) is 0 Å². The Morgan fingerprint density at radius 2 is 2.42 bits per heavy atom. The molecule has 2 N–H and O–H groups in total. The number of aliphatic hydroxyl groups excluding tert-OH is 1. The molecular formula is C8H11NO3. The first kappa shape index (κ1) is 8.80. The van der Waals surface area contributed by atoms with E-state index in [1.807, 2.05) is 0 Å². The molecule has 0 aliphatic carbocycles. The van der Waals surface area contributed by atoms with Gasteiger partial charge in [0.15, 0.2) is 5.76 Å². The summed E-state index contributed by atoms with van der Waals surface area (Å²) in [7, 11) is 1.53. The van der Waals surface area contributed by atoms with Gasteiger partial charge in [0, 0.05) is 12.6 Å². The minimum Gasteiger partial charge on any atom is -0.453 e. The van der Waals surface area contributed by atoms with Crippen LogP contribution in [0.4, 0.5) is 0 Å². The normalized spacial score (nSPS) is 9.92. The van der Waals surface area contributed by atoms with Crippen LogP contribution in [0.1, 0.15) is 21.9 Å². The van der Waals surface area contributed by atoms with E-state index in [1.54, 1.807) is 13.0 Å². The summed E-state index contributed by atoms with van der Waals surface area (Å²) < 4.78 is 5.05. The van der Waals surface area contributed by atoms with Gasteiger partial charge in [0.25, 0.3) is 5.91 Å². The Kier molecular flexibility index (Phi) is 2.50. The number of aryl methyl sites for hydroxylation is 1. The maximum absolute atomic E-state index is 11.1. The van der Waals surface area contributed by atoms with Crippen LogP contribution in [0, 0.1) is 6.92 Å². The summed E-state index contributed by atoms with van der Waals surface area (Å²) in [6.07, 6.45) is 0. The van der Waals surface area contributed by atoms with Crippen molar-refractivity contribution in [3.8, 4) is 0 Å². The first-order valence-electron chi connectivity index (χ1n) is 3.61. The molecule has 1 aromatic heterocycles. The van der Waals surface area contributed by atoms with E-state index in [-0.39, 0.29) is 18.3 Å². The number of hydrogen-bond donors (Lipinski definition) is 2. The second-order valence-electron chi connectivity index (χ2n) is 2.46. The van der Waals surface area contributed by atoms with Gasteiger partial charge in [-0.25, -0.2) is 0 Å². The monoisotopic (exact) mass is 169 g/mol. The summed E-state index contributed by atoms with van der Waals surface area (Å²) in [6, 6.07) is 1.64. The third kappa shape index (κ3) is 1.48. The standard InChI is InChI=1S/C8H11NO3/c1-5-3-6(4-10)12-7(5)8(11)9-2/h3,10H,4H2,1-2H3,(H,9,11). The van der Waals surface area contributed by atoms with Gasteiger partial charge in [-0.1, -0.05) is 0 Å². The number of carbonyl (C=O) groups excluding carboxylic acids is 1. The highest BCUT2D eigenvalue weighted by atomic mass is 16.4. The van der Waals surface area contributed by atoms with Gasteiger partial charge in [0.2, 0.25) is 0 Å². The fourth-order valence-electron chi connectivity index (χ4n) is 0.965. The van der Waals surface area contributed by atoms with E-state index in [2.05, 4.69) is 5.32 Å². The Balaban J connectivity index is 2.99. The van der Waals surface area contributed by atoms with Gasteiger partial charge >= 0.3 is 0 Å². The van der Waals surface area contributed by atoms with E-state index < -0.39 is 0 Å². The van der Waals surface area contributed by atoms with E-state index in [1.165, 1.54) is 7.05 Å². The largest absolute Gasteiger partial charge is 0.453 e. The van der Waals surface area contributed by atoms with Crippen molar-refractivity contribution in [2.75, 3.05) is 7.05 Å². The summed E-state index contributed by atoms with van der Waals surface area (Å²) >= 11 is 0. The average Bonchev–Trinajstić information content (AvgIpc) is 2.45. The van der Waals surface area contributed by atoms with Gasteiger partial charge in [-0.05, 0) is 13.0 Å². The molecule has 0 aliphatic rings. The molecule has 0 saturated carbocycles. The molecule has 0 radical (unpaired) electrons. The highest BCUT2D eigenvalue weighted by molar-refractivity contribution is 5.92. The van der Waals surface area contributed by atoms with Gasteiger partial charge in [-0.2, -0.15) is 0 Å². The second kappa shape index (κ2) is 3.40. The van der Waals surface area contributed by atoms with Crippen LogP contribution in [0.2, 0.25) is 0 Å². The van der Waals surface area contributed by atoms with Gasteiger partial charge in [0.05, 0.1) is 0 Å². The van der Waals surface area contributed by atoms with Crippen molar-refractivity contribution in [1.82, 2.24) is 5.32 Å². The average molecular weight is 169 g/mol. The zero-order chi connectivity index (χ0) is 9.14. The summed E-state index contributed by atoms with van der Waals surface area (Å²) in [4.78, 5) is 11.1. The van der Waals surface area contributed by atoms with Crippen LogP contribution in [0.5, 0.6) is 0 Å². The highest BCUT2D eigenvalue weighted by Crippen LogP contribution is 2.13. The number of hydrogen-bond acceptors (Lipinski definition) is 3. The molecular weight excluding hydrogens is 158 g/mol. The van der Waals surface area contributed by atoms with Gasteiger partial charge in [-0.3, -0.25) is 4.79 Å². The Labute approximate surface area is 70.2 Å². The van der Waals surface area contributed by atoms with Crippen LogP contribution in [0.15, 0.2) is 10.5 Å². The molecule has 0 saturated heterocycles. The predicted octanol–water partition coefficient (Wildman–Crippen LogP) is 0.440. The lowest BCUT2D eigenvalue weighted by Crippen LogP contribution is -2.17. The minimum atomic E-state index is -0.271. The number of amides is 1. The quantitative estimate of drug-likeness (QED) is 0.675. The molecule has 0 fully saturated rings. The van der Waals surface area contributed by atoms with Crippen LogP contribution >= 0.6 is 0 Å². The number of furan rings is 1. The lowest BCUT2D eigenvalue weighted by molar-refractivity contribution is 0.0930. The van der Waals surface area contributed by atoms with Crippen molar-refractivity contribution in [2.45, 2.75) is 13.5 Å². The molecule has 1 aromatic rings. The zero-order valence-corrected chi connectivity index (χ0v) is 7.05. The Bertz CT molecular complexity index is 290. The first-order valence-corrected chi connectivity index (χ1v) is 3.61. The molecule has 1 rings (SSSR count). The fraction of sp³-hybridized carbons (Fsp3) is 0.375. The number of rotatable bonds is 2. The second-order valence-corrected chi connectivity index (χ2v) is 2.46.